The molecule has 3 aromatic carbocycles. The number of hydrogen-bond donors (Lipinski definition) is 2. The molecule has 4 aromatic rings. The van der Waals surface area contributed by atoms with Crippen LogP contribution in [0.25, 0.3) is 22.2 Å². The van der Waals surface area contributed by atoms with E-state index in [0.717, 1.165) is 52.1 Å². The molecule has 1 fully saturated rings. The van der Waals surface area contributed by atoms with Crippen LogP contribution in [0.15, 0.2) is 60.7 Å². The van der Waals surface area contributed by atoms with Crippen LogP contribution in [0, 0.1) is 6.92 Å². The summed E-state index contributed by atoms with van der Waals surface area (Å²) in [6, 6.07) is 19.6. The summed E-state index contributed by atoms with van der Waals surface area (Å²) in [5, 5.41) is 3.14. The van der Waals surface area contributed by atoms with Gasteiger partial charge in [0.1, 0.15) is 18.2 Å². The van der Waals surface area contributed by atoms with Crippen molar-refractivity contribution in [2.75, 3.05) is 13.2 Å². The second kappa shape index (κ2) is 10.3. The lowest BCUT2D eigenvalue weighted by Gasteiger charge is -2.23. The van der Waals surface area contributed by atoms with Gasteiger partial charge >= 0.3 is 0 Å². The minimum atomic E-state index is -0.0690. The number of aromatic nitrogens is 2. The number of benzene rings is 3. The van der Waals surface area contributed by atoms with Crippen molar-refractivity contribution < 1.29 is 14.3 Å². The second-order valence-electron chi connectivity index (χ2n) is 10.3. The summed E-state index contributed by atoms with van der Waals surface area (Å²) in [4.78, 5) is 35.7. The molecule has 1 aromatic heterocycles. The van der Waals surface area contributed by atoms with Gasteiger partial charge in [-0.3, -0.25) is 9.59 Å². The van der Waals surface area contributed by atoms with Crippen LogP contribution >= 0.6 is 0 Å². The summed E-state index contributed by atoms with van der Waals surface area (Å²) in [6.45, 7) is 3.33. The number of nitrogens with one attached hydrogen (secondary N) is 2. The van der Waals surface area contributed by atoms with Gasteiger partial charge in [-0.05, 0) is 79.4 Å². The quantitative estimate of drug-likeness (QED) is 0.374. The van der Waals surface area contributed by atoms with Crippen LogP contribution in [-0.2, 0) is 6.54 Å². The molecule has 2 amide bonds. The highest BCUT2D eigenvalue weighted by molar-refractivity contribution is 5.98. The van der Waals surface area contributed by atoms with Crippen LogP contribution < -0.4 is 10.1 Å². The fourth-order valence-corrected chi connectivity index (χ4v) is 5.53. The molecule has 7 nitrogen and oxygen atoms in total. The van der Waals surface area contributed by atoms with Gasteiger partial charge in [-0.2, -0.15) is 0 Å². The molecule has 0 unspecified atom stereocenters. The van der Waals surface area contributed by atoms with E-state index >= 15 is 0 Å². The number of aromatic amines is 1. The van der Waals surface area contributed by atoms with Gasteiger partial charge in [0.15, 0.2) is 0 Å². The van der Waals surface area contributed by atoms with Crippen LogP contribution in [0.4, 0.5) is 0 Å². The average Bonchev–Trinajstić information content (AvgIpc) is 3.18. The number of amides is 2. The van der Waals surface area contributed by atoms with E-state index in [-0.39, 0.29) is 17.9 Å². The summed E-state index contributed by atoms with van der Waals surface area (Å²) in [5.41, 5.74) is 6.21. The minimum absolute atomic E-state index is 0.0657. The van der Waals surface area contributed by atoms with E-state index < -0.39 is 0 Å². The Kier molecular flexibility index (Phi) is 6.58. The lowest BCUT2D eigenvalue weighted by atomic mass is 9.95. The molecule has 1 aliphatic heterocycles. The summed E-state index contributed by atoms with van der Waals surface area (Å²) in [7, 11) is 0. The predicted molar refractivity (Wildman–Crippen MR) is 147 cm³/mol. The number of carbonyl (C=O) groups is 2. The maximum Gasteiger partial charge on any atom is 0.254 e. The van der Waals surface area contributed by atoms with Gasteiger partial charge in [-0.1, -0.05) is 31.4 Å². The molecule has 6 rings (SSSR count). The summed E-state index contributed by atoms with van der Waals surface area (Å²) < 4.78 is 5.99. The molecule has 0 bridgehead atoms. The number of hydrogen-bond acceptors (Lipinski definition) is 4. The van der Waals surface area contributed by atoms with Crippen molar-refractivity contribution >= 4 is 22.8 Å². The zero-order valence-corrected chi connectivity index (χ0v) is 21.6. The van der Waals surface area contributed by atoms with Crippen molar-refractivity contribution in [1.29, 1.82) is 0 Å². The molecule has 194 valence electrons. The monoisotopic (exact) mass is 508 g/mol. The number of carbonyl (C=O) groups excluding carboxylic acids is 2. The molecule has 0 spiro atoms. The molecule has 2 heterocycles. The van der Waals surface area contributed by atoms with Gasteiger partial charge in [-0.15, -0.1) is 0 Å². The molecular weight excluding hydrogens is 476 g/mol. The van der Waals surface area contributed by atoms with Crippen LogP contribution in [-0.4, -0.2) is 45.9 Å². The Morgan fingerprint density at radius 1 is 0.947 bits per heavy atom. The Bertz CT molecular complexity index is 1490. The van der Waals surface area contributed by atoms with Gasteiger partial charge in [0.25, 0.3) is 11.8 Å². The molecule has 38 heavy (non-hydrogen) atoms. The molecule has 2 aliphatic rings. The van der Waals surface area contributed by atoms with E-state index in [1.807, 2.05) is 24.0 Å². The molecule has 7 heteroatoms. The van der Waals surface area contributed by atoms with E-state index in [9.17, 15) is 9.59 Å². The molecule has 0 atom stereocenters. The third-order valence-electron chi connectivity index (χ3n) is 7.60. The first-order valence-electron chi connectivity index (χ1n) is 13.5. The van der Waals surface area contributed by atoms with Crippen LogP contribution in [0.1, 0.15) is 64.2 Å². The highest BCUT2D eigenvalue weighted by Gasteiger charge is 2.22. The van der Waals surface area contributed by atoms with Gasteiger partial charge < -0.3 is 19.9 Å². The lowest BCUT2D eigenvalue weighted by molar-refractivity contribution is 0.0732. The molecule has 0 radical (unpaired) electrons. The summed E-state index contributed by atoms with van der Waals surface area (Å²) in [5.74, 6) is 1.56. The highest BCUT2D eigenvalue weighted by Crippen LogP contribution is 2.31. The fourth-order valence-electron chi connectivity index (χ4n) is 5.53. The van der Waals surface area contributed by atoms with E-state index in [4.69, 9.17) is 4.74 Å². The first kappa shape index (κ1) is 24.2. The van der Waals surface area contributed by atoms with Crippen molar-refractivity contribution in [3.05, 3.63) is 83.2 Å². The topological polar surface area (TPSA) is 87.3 Å². The maximum atomic E-state index is 13.4. The summed E-state index contributed by atoms with van der Waals surface area (Å²) in [6.07, 6.45) is 5.67. The molecule has 1 saturated carbocycles. The zero-order valence-electron chi connectivity index (χ0n) is 21.6. The number of H-pyrrole nitrogens is 1. The van der Waals surface area contributed by atoms with Crippen molar-refractivity contribution in [3.8, 4) is 16.9 Å². The Labute approximate surface area is 222 Å². The Morgan fingerprint density at radius 2 is 1.68 bits per heavy atom. The number of imidazole rings is 1. The molecule has 1 aliphatic carbocycles. The predicted octanol–water partition coefficient (Wildman–Crippen LogP) is 5.64. The maximum absolute atomic E-state index is 13.4. The highest BCUT2D eigenvalue weighted by atomic mass is 16.5. The third-order valence-corrected chi connectivity index (χ3v) is 7.60. The van der Waals surface area contributed by atoms with Gasteiger partial charge in [-0.25, -0.2) is 4.98 Å². The lowest BCUT2D eigenvalue weighted by Crippen LogP contribution is -2.36. The molecule has 0 saturated heterocycles. The zero-order chi connectivity index (χ0) is 26.1. The molecule has 2 N–H and O–H groups in total. The van der Waals surface area contributed by atoms with Gasteiger partial charge in [0.2, 0.25) is 0 Å². The van der Waals surface area contributed by atoms with Crippen molar-refractivity contribution in [2.45, 2.75) is 51.6 Å². The first-order valence-corrected chi connectivity index (χ1v) is 13.5. The minimum Gasteiger partial charge on any atom is -0.491 e. The number of aryl methyl sites for hydroxylation is 1. The van der Waals surface area contributed by atoms with Crippen molar-refractivity contribution in [1.82, 2.24) is 20.2 Å². The normalized spacial score (nSPS) is 16.0. The number of ether oxygens (including phenoxy) is 1. The number of fused-ring (bicyclic) bond motifs is 2. The summed E-state index contributed by atoms with van der Waals surface area (Å²) >= 11 is 0. The van der Waals surface area contributed by atoms with Crippen molar-refractivity contribution in [2.24, 2.45) is 0 Å². The Balaban J connectivity index is 1.18. The third kappa shape index (κ3) is 5.01. The second-order valence-corrected chi connectivity index (χ2v) is 10.3. The Morgan fingerprint density at radius 3 is 2.50 bits per heavy atom. The van der Waals surface area contributed by atoms with E-state index in [1.54, 1.807) is 24.3 Å². The van der Waals surface area contributed by atoms with Gasteiger partial charge in [0, 0.05) is 29.3 Å². The standard InChI is InChI=1S/C31H32N4O3/c1-20-32-27-13-11-24(18-28(27)33-20)23-12-14-29-25(17-23)19-35(15-16-38-29)31(37)22-9-7-21(8-10-22)30(36)34-26-5-3-2-4-6-26/h7-14,17-18,26H,2-6,15-16,19H2,1H3,(H,32,33)(H,34,36). The Hall–Kier alpha value is -4.13. The van der Waals surface area contributed by atoms with Gasteiger partial charge in [0.05, 0.1) is 17.6 Å². The van der Waals surface area contributed by atoms with Crippen LogP contribution in [0.3, 0.4) is 0 Å². The number of nitrogens with zero attached hydrogens (tertiary/aromatic N) is 2. The first-order chi connectivity index (χ1) is 18.5. The smallest absolute Gasteiger partial charge is 0.254 e. The van der Waals surface area contributed by atoms with Crippen LogP contribution in [0.5, 0.6) is 5.75 Å². The largest absolute Gasteiger partial charge is 0.491 e. The fraction of sp³-hybridized carbons (Fsp3) is 0.323. The van der Waals surface area contributed by atoms with E-state index in [1.165, 1.54) is 19.3 Å². The van der Waals surface area contributed by atoms with Crippen molar-refractivity contribution in [3.63, 3.8) is 0 Å². The van der Waals surface area contributed by atoms with E-state index in [2.05, 4.69) is 39.6 Å². The van der Waals surface area contributed by atoms with E-state index in [0.29, 0.717) is 30.8 Å². The molecular formula is C31H32N4O3. The van der Waals surface area contributed by atoms with Crippen LogP contribution in [0.2, 0.25) is 0 Å². The number of rotatable bonds is 4. The average molecular weight is 509 g/mol. The SMILES string of the molecule is Cc1nc2ccc(-c3ccc4c(c3)CN(C(=O)c3ccc(C(=O)NC5CCCCC5)cc3)CCO4)cc2[nH]1.